The molecule has 0 heterocycles. The van der Waals surface area contributed by atoms with Crippen molar-refractivity contribution in [3.8, 4) is 0 Å². The van der Waals surface area contributed by atoms with Crippen molar-refractivity contribution in [1.29, 1.82) is 0 Å². The zero-order valence-corrected chi connectivity index (χ0v) is 10.2. The third kappa shape index (κ3) is 5.86. The van der Waals surface area contributed by atoms with Crippen molar-refractivity contribution in [3.63, 3.8) is 0 Å². The van der Waals surface area contributed by atoms with Crippen LogP contribution in [0.5, 0.6) is 0 Å². The van der Waals surface area contributed by atoms with E-state index in [0.29, 0.717) is 0 Å². The van der Waals surface area contributed by atoms with Gasteiger partial charge in [0.1, 0.15) is 12.6 Å². The number of hydrogen-bond donors (Lipinski definition) is 4. The molecule has 2 amide bonds. The van der Waals surface area contributed by atoms with E-state index in [0.717, 1.165) is 0 Å². The minimum atomic E-state index is -1.14. The fourth-order valence-electron chi connectivity index (χ4n) is 0.994. The molecule has 0 aromatic carbocycles. The smallest absolute Gasteiger partial charge is 0.322 e. The van der Waals surface area contributed by atoms with Gasteiger partial charge in [-0.1, -0.05) is 13.8 Å². The summed E-state index contributed by atoms with van der Waals surface area (Å²) in [7, 11) is 0. The summed E-state index contributed by atoms with van der Waals surface area (Å²) in [5.74, 6) is -2.17. The van der Waals surface area contributed by atoms with Crippen molar-refractivity contribution in [2.75, 3.05) is 6.54 Å². The molecule has 7 nitrogen and oxygen atoms in total. The normalized spacial score (nSPS) is 13.9. The molecule has 0 saturated heterocycles. The summed E-state index contributed by atoms with van der Waals surface area (Å²) < 4.78 is 0. The Balaban J connectivity index is 4.16. The lowest BCUT2D eigenvalue weighted by Crippen LogP contribution is -2.52. The van der Waals surface area contributed by atoms with Gasteiger partial charge in [-0.15, -0.1) is 0 Å². The summed E-state index contributed by atoms with van der Waals surface area (Å²) in [5.41, 5.74) is 5.59. The van der Waals surface area contributed by atoms with E-state index in [2.05, 4.69) is 10.6 Å². The van der Waals surface area contributed by atoms with E-state index >= 15 is 0 Å². The maximum Gasteiger partial charge on any atom is 0.322 e. The first-order valence-corrected chi connectivity index (χ1v) is 5.31. The highest BCUT2D eigenvalue weighted by Gasteiger charge is 2.22. The largest absolute Gasteiger partial charge is 0.480 e. The molecule has 0 radical (unpaired) electrons. The van der Waals surface area contributed by atoms with Gasteiger partial charge in [-0.05, 0) is 12.8 Å². The van der Waals surface area contributed by atoms with Crippen LogP contribution in [0.4, 0.5) is 0 Å². The van der Waals surface area contributed by atoms with Gasteiger partial charge in [0.2, 0.25) is 11.8 Å². The molecule has 7 heteroatoms. The first-order chi connectivity index (χ1) is 7.75. The second-order valence-electron chi connectivity index (χ2n) is 4.11. The van der Waals surface area contributed by atoms with E-state index in [-0.39, 0.29) is 5.92 Å². The number of nitrogens with two attached hydrogens (primary N) is 1. The molecule has 0 spiro atoms. The molecule has 0 bridgehead atoms. The van der Waals surface area contributed by atoms with Gasteiger partial charge >= 0.3 is 5.97 Å². The van der Waals surface area contributed by atoms with Gasteiger partial charge in [0.15, 0.2) is 0 Å². The minimum absolute atomic E-state index is 0.0377. The van der Waals surface area contributed by atoms with Crippen molar-refractivity contribution in [2.45, 2.75) is 32.9 Å². The highest BCUT2D eigenvalue weighted by atomic mass is 16.4. The molecule has 0 saturated carbocycles. The van der Waals surface area contributed by atoms with Crippen LogP contribution in [0.25, 0.3) is 0 Å². The Morgan fingerprint density at radius 3 is 2.12 bits per heavy atom. The molecule has 0 aliphatic rings. The predicted octanol–water partition coefficient (Wildman–Crippen LogP) is -1.32. The Hall–Kier alpha value is -1.63. The van der Waals surface area contributed by atoms with Crippen LogP contribution in [0.1, 0.15) is 20.8 Å². The number of aliphatic carboxylic acids is 1. The molecule has 0 aliphatic carbocycles. The predicted molar refractivity (Wildman–Crippen MR) is 61.1 cm³/mol. The highest BCUT2D eigenvalue weighted by Crippen LogP contribution is 1.98. The SMILES string of the molecule is CC(NC(=O)C(N)C(C)C)C(=O)NCC(=O)O. The quantitative estimate of drug-likeness (QED) is 0.462. The van der Waals surface area contributed by atoms with E-state index in [4.69, 9.17) is 10.8 Å². The molecule has 17 heavy (non-hydrogen) atoms. The summed E-state index contributed by atoms with van der Waals surface area (Å²) >= 11 is 0. The van der Waals surface area contributed by atoms with Crippen LogP contribution in [0.2, 0.25) is 0 Å². The molecule has 0 aromatic rings. The number of carbonyl (C=O) groups excluding carboxylic acids is 2. The van der Waals surface area contributed by atoms with E-state index in [9.17, 15) is 14.4 Å². The lowest BCUT2D eigenvalue weighted by molar-refractivity contribution is -0.138. The Bertz CT molecular complexity index is 304. The van der Waals surface area contributed by atoms with Crippen LogP contribution < -0.4 is 16.4 Å². The number of nitrogens with one attached hydrogen (secondary N) is 2. The van der Waals surface area contributed by atoms with Crippen molar-refractivity contribution in [3.05, 3.63) is 0 Å². The third-order valence-corrected chi connectivity index (χ3v) is 2.19. The number of rotatable bonds is 6. The first-order valence-electron chi connectivity index (χ1n) is 5.31. The first kappa shape index (κ1) is 15.4. The Morgan fingerprint density at radius 1 is 1.18 bits per heavy atom. The molecule has 2 atom stereocenters. The van der Waals surface area contributed by atoms with Gasteiger partial charge in [0, 0.05) is 0 Å². The minimum Gasteiger partial charge on any atom is -0.480 e. The van der Waals surface area contributed by atoms with E-state index in [1.807, 2.05) is 0 Å². The molecule has 98 valence electrons. The Labute approximate surface area is 99.7 Å². The fraction of sp³-hybridized carbons (Fsp3) is 0.700. The number of carbonyl (C=O) groups is 3. The third-order valence-electron chi connectivity index (χ3n) is 2.19. The van der Waals surface area contributed by atoms with Gasteiger partial charge in [-0.3, -0.25) is 14.4 Å². The average molecular weight is 245 g/mol. The lowest BCUT2D eigenvalue weighted by Gasteiger charge is -2.19. The van der Waals surface area contributed by atoms with E-state index < -0.39 is 36.4 Å². The molecular formula is C10H19N3O4. The van der Waals surface area contributed by atoms with Crippen LogP contribution in [0, 0.1) is 5.92 Å². The lowest BCUT2D eigenvalue weighted by atomic mass is 10.0. The van der Waals surface area contributed by atoms with Gasteiger partial charge in [0.05, 0.1) is 6.04 Å². The number of carboxylic acid groups (broad SMARTS) is 1. The zero-order valence-electron chi connectivity index (χ0n) is 10.2. The average Bonchev–Trinajstić information content (AvgIpc) is 2.24. The van der Waals surface area contributed by atoms with E-state index in [1.165, 1.54) is 6.92 Å². The molecule has 0 aliphatic heterocycles. The standard InChI is InChI=1S/C10H19N3O4/c1-5(2)8(11)10(17)13-6(3)9(16)12-4-7(14)15/h5-6,8H,4,11H2,1-3H3,(H,12,16)(H,13,17)(H,14,15). The maximum absolute atomic E-state index is 11.5. The summed E-state index contributed by atoms with van der Waals surface area (Å²) in [4.78, 5) is 33.1. The van der Waals surface area contributed by atoms with Crippen molar-refractivity contribution in [2.24, 2.45) is 11.7 Å². The highest BCUT2D eigenvalue weighted by molar-refractivity contribution is 5.90. The maximum atomic E-state index is 11.5. The van der Waals surface area contributed by atoms with Crippen LogP contribution >= 0.6 is 0 Å². The second kappa shape index (κ2) is 6.85. The summed E-state index contributed by atoms with van der Waals surface area (Å²) in [6.45, 7) is 4.57. The van der Waals surface area contributed by atoms with Gasteiger partial charge in [-0.25, -0.2) is 0 Å². The second-order valence-corrected chi connectivity index (χ2v) is 4.11. The molecule has 5 N–H and O–H groups in total. The van der Waals surface area contributed by atoms with Crippen LogP contribution in [-0.2, 0) is 14.4 Å². The van der Waals surface area contributed by atoms with Crippen molar-refractivity contribution < 1.29 is 19.5 Å². The molecular weight excluding hydrogens is 226 g/mol. The van der Waals surface area contributed by atoms with Gasteiger partial charge in [-0.2, -0.15) is 0 Å². The fourth-order valence-corrected chi connectivity index (χ4v) is 0.994. The number of hydrogen-bond acceptors (Lipinski definition) is 4. The number of amides is 2. The number of carboxylic acids is 1. The molecule has 2 unspecified atom stereocenters. The zero-order chi connectivity index (χ0) is 13.6. The van der Waals surface area contributed by atoms with Gasteiger partial charge < -0.3 is 21.5 Å². The van der Waals surface area contributed by atoms with Crippen molar-refractivity contribution >= 4 is 17.8 Å². The van der Waals surface area contributed by atoms with Gasteiger partial charge in [0.25, 0.3) is 0 Å². The molecule has 0 aromatic heterocycles. The summed E-state index contributed by atoms with van der Waals surface area (Å²) in [5, 5.41) is 12.9. The van der Waals surface area contributed by atoms with Crippen LogP contribution in [0.3, 0.4) is 0 Å². The summed E-state index contributed by atoms with van der Waals surface area (Å²) in [6, 6.07) is -1.50. The Morgan fingerprint density at radius 2 is 1.71 bits per heavy atom. The van der Waals surface area contributed by atoms with Crippen molar-refractivity contribution in [1.82, 2.24) is 10.6 Å². The topological polar surface area (TPSA) is 122 Å². The van der Waals surface area contributed by atoms with Crippen LogP contribution in [0.15, 0.2) is 0 Å². The van der Waals surface area contributed by atoms with Crippen LogP contribution in [-0.4, -0.2) is 41.5 Å². The van der Waals surface area contributed by atoms with E-state index in [1.54, 1.807) is 13.8 Å². The monoisotopic (exact) mass is 245 g/mol. The Kier molecular flexibility index (Phi) is 6.19. The molecule has 0 rings (SSSR count). The summed E-state index contributed by atoms with van der Waals surface area (Å²) in [6.07, 6.45) is 0. The molecule has 0 fully saturated rings.